The molecule has 1 atom stereocenters. The molecule has 0 radical (unpaired) electrons. The van der Waals surface area contributed by atoms with Gasteiger partial charge in [0.15, 0.2) is 0 Å². The first-order chi connectivity index (χ1) is 7.70. The SMILES string of the molecule is COc1ccc2c(c1)NCCC2CC(=O)O. The van der Waals surface area contributed by atoms with Crippen molar-refractivity contribution >= 4 is 11.7 Å². The van der Waals surface area contributed by atoms with Crippen molar-refractivity contribution < 1.29 is 14.6 Å². The van der Waals surface area contributed by atoms with E-state index in [-0.39, 0.29) is 12.3 Å². The van der Waals surface area contributed by atoms with E-state index < -0.39 is 5.97 Å². The van der Waals surface area contributed by atoms with Crippen LogP contribution >= 0.6 is 0 Å². The van der Waals surface area contributed by atoms with Crippen molar-refractivity contribution in [2.75, 3.05) is 19.0 Å². The third kappa shape index (κ3) is 2.10. The average molecular weight is 221 g/mol. The number of ether oxygens (including phenoxy) is 1. The molecule has 86 valence electrons. The Labute approximate surface area is 94.2 Å². The molecule has 0 amide bonds. The largest absolute Gasteiger partial charge is 0.497 e. The minimum Gasteiger partial charge on any atom is -0.497 e. The summed E-state index contributed by atoms with van der Waals surface area (Å²) in [5.74, 6) is 0.163. The Balaban J connectivity index is 2.28. The fourth-order valence-electron chi connectivity index (χ4n) is 2.13. The number of carboxylic acids is 1. The number of hydrogen-bond donors (Lipinski definition) is 2. The van der Waals surface area contributed by atoms with Crippen molar-refractivity contribution in [3.8, 4) is 5.75 Å². The summed E-state index contributed by atoms with van der Waals surface area (Å²) in [7, 11) is 1.62. The van der Waals surface area contributed by atoms with Crippen LogP contribution in [0.2, 0.25) is 0 Å². The van der Waals surface area contributed by atoms with Gasteiger partial charge in [-0.3, -0.25) is 4.79 Å². The molecule has 0 spiro atoms. The number of anilines is 1. The number of methoxy groups -OCH3 is 1. The van der Waals surface area contributed by atoms with Crippen LogP contribution in [0.15, 0.2) is 18.2 Å². The number of rotatable bonds is 3. The number of hydrogen-bond acceptors (Lipinski definition) is 3. The van der Waals surface area contributed by atoms with E-state index >= 15 is 0 Å². The molecule has 4 nitrogen and oxygen atoms in total. The van der Waals surface area contributed by atoms with E-state index in [1.165, 1.54) is 0 Å². The molecule has 4 heteroatoms. The summed E-state index contributed by atoms with van der Waals surface area (Å²) in [6.45, 7) is 0.818. The molecule has 0 saturated heterocycles. The van der Waals surface area contributed by atoms with Gasteiger partial charge in [0.25, 0.3) is 0 Å². The van der Waals surface area contributed by atoms with Crippen LogP contribution in [0.3, 0.4) is 0 Å². The van der Waals surface area contributed by atoms with E-state index in [1.807, 2.05) is 18.2 Å². The van der Waals surface area contributed by atoms with Crippen molar-refractivity contribution in [1.82, 2.24) is 0 Å². The molecule has 2 rings (SSSR count). The third-order valence-electron chi connectivity index (χ3n) is 2.93. The predicted molar refractivity (Wildman–Crippen MR) is 61.1 cm³/mol. The Morgan fingerprint density at radius 3 is 3.12 bits per heavy atom. The second kappa shape index (κ2) is 4.43. The van der Waals surface area contributed by atoms with Gasteiger partial charge in [0.2, 0.25) is 0 Å². The lowest BCUT2D eigenvalue weighted by atomic mass is 9.88. The molecular weight excluding hydrogens is 206 g/mol. The van der Waals surface area contributed by atoms with Gasteiger partial charge in [-0.2, -0.15) is 0 Å². The summed E-state index contributed by atoms with van der Waals surface area (Å²) in [6, 6.07) is 5.75. The quantitative estimate of drug-likeness (QED) is 0.820. The normalized spacial score (nSPS) is 18.4. The number of aliphatic carboxylic acids is 1. The molecule has 1 aromatic rings. The van der Waals surface area contributed by atoms with Crippen LogP contribution in [-0.2, 0) is 4.79 Å². The van der Waals surface area contributed by atoms with Gasteiger partial charge in [0.1, 0.15) is 5.75 Å². The van der Waals surface area contributed by atoms with Crippen LogP contribution in [0.5, 0.6) is 5.75 Å². The highest BCUT2D eigenvalue weighted by atomic mass is 16.5. The predicted octanol–water partition coefficient (Wildman–Crippen LogP) is 2.07. The van der Waals surface area contributed by atoms with Crippen LogP contribution in [0.1, 0.15) is 24.3 Å². The number of benzene rings is 1. The van der Waals surface area contributed by atoms with Gasteiger partial charge in [-0.05, 0) is 24.0 Å². The lowest BCUT2D eigenvalue weighted by Crippen LogP contribution is -2.19. The molecule has 0 fully saturated rings. The molecule has 1 aliphatic heterocycles. The fourth-order valence-corrected chi connectivity index (χ4v) is 2.13. The van der Waals surface area contributed by atoms with E-state index in [9.17, 15) is 4.79 Å². The van der Waals surface area contributed by atoms with Gasteiger partial charge in [-0.15, -0.1) is 0 Å². The minimum atomic E-state index is -0.742. The van der Waals surface area contributed by atoms with Crippen LogP contribution in [0.4, 0.5) is 5.69 Å². The van der Waals surface area contributed by atoms with Crippen LogP contribution in [-0.4, -0.2) is 24.7 Å². The van der Waals surface area contributed by atoms with E-state index in [0.717, 1.165) is 30.0 Å². The van der Waals surface area contributed by atoms with Crippen molar-refractivity contribution in [2.45, 2.75) is 18.8 Å². The lowest BCUT2D eigenvalue weighted by Gasteiger charge is -2.26. The lowest BCUT2D eigenvalue weighted by molar-refractivity contribution is -0.137. The summed E-state index contributed by atoms with van der Waals surface area (Å²) in [6.07, 6.45) is 1.06. The summed E-state index contributed by atoms with van der Waals surface area (Å²) in [5.41, 5.74) is 2.08. The molecule has 0 aromatic heterocycles. The Bertz CT molecular complexity index is 403. The number of carboxylic acid groups (broad SMARTS) is 1. The molecule has 1 aliphatic rings. The van der Waals surface area contributed by atoms with E-state index in [1.54, 1.807) is 7.11 Å². The summed E-state index contributed by atoms with van der Waals surface area (Å²) >= 11 is 0. The standard InChI is InChI=1S/C12H15NO3/c1-16-9-2-3-10-8(6-12(14)15)4-5-13-11(10)7-9/h2-3,7-8,13H,4-6H2,1H3,(H,14,15). The van der Waals surface area contributed by atoms with Crippen molar-refractivity contribution in [1.29, 1.82) is 0 Å². The summed E-state index contributed by atoms with van der Waals surface area (Å²) in [4.78, 5) is 10.8. The molecule has 16 heavy (non-hydrogen) atoms. The van der Waals surface area contributed by atoms with Gasteiger partial charge in [0.05, 0.1) is 13.5 Å². The molecule has 0 aliphatic carbocycles. The van der Waals surface area contributed by atoms with E-state index in [0.29, 0.717) is 0 Å². The highest BCUT2D eigenvalue weighted by Gasteiger charge is 2.22. The maximum atomic E-state index is 10.8. The second-order valence-corrected chi connectivity index (χ2v) is 3.96. The van der Waals surface area contributed by atoms with Gasteiger partial charge < -0.3 is 15.2 Å². The molecule has 1 heterocycles. The van der Waals surface area contributed by atoms with Crippen molar-refractivity contribution in [2.24, 2.45) is 0 Å². The van der Waals surface area contributed by atoms with Crippen LogP contribution in [0, 0.1) is 0 Å². The van der Waals surface area contributed by atoms with E-state index in [2.05, 4.69) is 5.32 Å². The zero-order valence-electron chi connectivity index (χ0n) is 9.19. The van der Waals surface area contributed by atoms with Crippen molar-refractivity contribution in [3.05, 3.63) is 23.8 Å². The molecule has 0 bridgehead atoms. The van der Waals surface area contributed by atoms with Gasteiger partial charge in [0, 0.05) is 18.3 Å². The minimum absolute atomic E-state index is 0.111. The third-order valence-corrected chi connectivity index (χ3v) is 2.93. The molecule has 0 saturated carbocycles. The first kappa shape index (κ1) is 10.8. The average Bonchev–Trinajstić information content (AvgIpc) is 2.28. The smallest absolute Gasteiger partial charge is 0.303 e. The van der Waals surface area contributed by atoms with Gasteiger partial charge >= 0.3 is 5.97 Å². The summed E-state index contributed by atoms with van der Waals surface area (Å²) < 4.78 is 5.14. The zero-order chi connectivity index (χ0) is 11.5. The first-order valence-corrected chi connectivity index (χ1v) is 5.34. The Morgan fingerprint density at radius 1 is 1.62 bits per heavy atom. The van der Waals surface area contributed by atoms with Gasteiger partial charge in [-0.25, -0.2) is 0 Å². The maximum Gasteiger partial charge on any atom is 0.303 e. The highest BCUT2D eigenvalue weighted by Crippen LogP contribution is 2.35. The number of nitrogens with one attached hydrogen (secondary N) is 1. The maximum absolute atomic E-state index is 10.8. The van der Waals surface area contributed by atoms with Gasteiger partial charge in [-0.1, -0.05) is 6.07 Å². The van der Waals surface area contributed by atoms with Crippen LogP contribution in [0.25, 0.3) is 0 Å². The van der Waals surface area contributed by atoms with E-state index in [4.69, 9.17) is 9.84 Å². The fraction of sp³-hybridized carbons (Fsp3) is 0.417. The Hall–Kier alpha value is -1.71. The molecule has 1 aromatic carbocycles. The second-order valence-electron chi connectivity index (χ2n) is 3.96. The Kier molecular flexibility index (Phi) is 2.99. The molecule has 2 N–H and O–H groups in total. The van der Waals surface area contributed by atoms with Crippen LogP contribution < -0.4 is 10.1 Å². The number of carbonyl (C=O) groups is 1. The summed E-state index contributed by atoms with van der Waals surface area (Å²) in [5, 5.41) is 12.1. The topological polar surface area (TPSA) is 58.6 Å². The highest BCUT2D eigenvalue weighted by molar-refractivity contribution is 5.70. The number of fused-ring (bicyclic) bond motifs is 1. The first-order valence-electron chi connectivity index (χ1n) is 5.34. The monoisotopic (exact) mass is 221 g/mol. The zero-order valence-corrected chi connectivity index (χ0v) is 9.19. The van der Waals surface area contributed by atoms with Crippen molar-refractivity contribution in [3.63, 3.8) is 0 Å². The Morgan fingerprint density at radius 2 is 2.44 bits per heavy atom. The molecular formula is C12H15NO3. The molecule has 1 unspecified atom stereocenters.